The summed E-state index contributed by atoms with van der Waals surface area (Å²) >= 11 is 0. The van der Waals surface area contributed by atoms with Gasteiger partial charge < -0.3 is 21.1 Å². The molecular weight excluding hydrogens is 384 g/mol. The molecular formula is C18H24N4O5S. The minimum atomic E-state index is -4.09. The zero-order chi connectivity index (χ0) is 20.9. The number of aliphatic carboxylic acids is 1. The van der Waals surface area contributed by atoms with Crippen LogP contribution in [0.4, 0.5) is 10.5 Å². The highest BCUT2D eigenvalue weighted by Gasteiger charge is 2.26. The largest absolute Gasteiger partial charge is 0.480 e. The molecule has 0 saturated carbocycles. The van der Waals surface area contributed by atoms with Gasteiger partial charge in [0.15, 0.2) is 0 Å². The van der Waals surface area contributed by atoms with Gasteiger partial charge in [-0.15, -0.1) is 0 Å². The number of anilines is 1. The minimum absolute atomic E-state index is 0.00254. The molecule has 2 amide bonds. The van der Waals surface area contributed by atoms with Crippen molar-refractivity contribution in [2.75, 3.05) is 25.5 Å². The molecule has 0 heterocycles. The number of hydrogen-bond donors (Lipinski definition) is 4. The number of rotatable bonds is 9. The standard InChI is InChI=1S/C18H24N4O5S/c1-22(2)15-9-3-7-13-12(15)6-4-10-16(13)28(26,27)21-14(17(23)24)8-5-11-20-18(19)25/h3-4,6-7,9-10,14,21H,5,8,11H2,1-2H3,(H,23,24)(H3,19,20,25)/t14-/m1/s1. The van der Waals surface area contributed by atoms with Gasteiger partial charge in [0.05, 0.1) is 4.90 Å². The summed E-state index contributed by atoms with van der Waals surface area (Å²) in [6.07, 6.45) is 0.255. The Morgan fingerprint density at radius 3 is 2.39 bits per heavy atom. The Morgan fingerprint density at radius 2 is 1.79 bits per heavy atom. The number of hydrogen-bond acceptors (Lipinski definition) is 5. The Morgan fingerprint density at radius 1 is 1.14 bits per heavy atom. The van der Waals surface area contributed by atoms with E-state index in [0.717, 1.165) is 11.1 Å². The third kappa shape index (κ3) is 5.11. The van der Waals surface area contributed by atoms with Gasteiger partial charge in [-0.1, -0.05) is 24.3 Å². The highest BCUT2D eigenvalue weighted by Crippen LogP contribution is 2.30. The average Bonchev–Trinajstić information content (AvgIpc) is 2.62. The quantitative estimate of drug-likeness (QED) is 0.458. The topological polar surface area (TPSA) is 142 Å². The second-order valence-electron chi connectivity index (χ2n) is 6.47. The van der Waals surface area contributed by atoms with Crippen LogP contribution in [0, 0.1) is 0 Å². The van der Waals surface area contributed by atoms with E-state index in [-0.39, 0.29) is 24.3 Å². The molecule has 0 aliphatic carbocycles. The highest BCUT2D eigenvalue weighted by atomic mass is 32.2. The maximum absolute atomic E-state index is 12.9. The minimum Gasteiger partial charge on any atom is -0.480 e. The normalized spacial score (nSPS) is 12.5. The number of urea groups is 1. The summed E-state index contributed by atoms with van der Waals surface area (Å²) in [6.45, 7) is 0.154. The van der Waals surface area contributed by atoms with Crippen molar-refractivity contribution in [3.05, 3.63) is 36.4 Å². The van der Waals surface area contributed by atoms with Gasteiger partial charge in [-0.3, -0.25) is 4.79 Å². The molecule has 2 rings (SSSR count). The first-order chi connectivity index (χ1) is 13.1. The third-order valence-corrected chi connectivity index (χ3v) is 5.72. The van der Waals surface area contributed by atoms with Crippen molar-refractivity contribution in [1.82, 2.24) is 10.0 Å². The van der Waals surface area contributed by atoms with Crippen molar-refractivity contribution < 1.29 is 23.1 Å². The number of amides is 2. The number of nitrogens with zero attached hydrogens (tertiary/aromatic N) is 1. The predicted octanol–water partition coefficient (Wildman–Crippen LogP) is 1.09. The lowest BCUT2D eigenvalue weighted by molar-refractivity contribution is -0.139. The van der Waals surface area contributed by atoms with Crippen LogP contribution in [0.3, 0.4) is 0 Å². The molecule has 0 bridgehead atoms. The Hall–Kier alpha value is -2.85. The molecule has 5 N–H and O–H groups in total. The number of benzene rings is 2. The lowest BCUT2D eigenvalue weighted by atomic mass is 10.1. The van der Waals surface area contributed by atoms with Gasteiger partial charge in [0.1, 0.15) is 6.04 Å². The summed E-state index contributed by atoms with van der Waals surface area (Å²) in [4.78, 5) is 24.1. The highest BCUT2D eigenvalue weighted by molar-refractivity contribution is 7.89. The monoisotopic (exact) mass is 408 g/mol. The number of fused-ring (bicyclic) bond motifs is 1. The average molecular weight is 408 g/mol. The van der Waals surface area contributed by atoms with Crippen LogP contribution in [0.1, 0.15) is 12.8 Å². The van der Waals surface area contributed by atoms with E-state index in [1.807, 2.05) is 31.1 Å². The van der Waals surface area contributed by atoms with Gasteiger partial charge in [-0.05, 0) is 25.0 Å². The van der Waals surface area contributed by atoms with E-state index < -0.39 is 28.1 Å². The van der Waals surface area contributed by atoms with Gasteiger partial charge >= 0.3 is 12.0 Å². The first-order valence-corrected chi connectivity index (χ1v) is 10.1. The van der Waals surface area contributed by atoms with Gasteiger partial charge in [0, 0.05) is 37.1 Å². The van der Waals surface area contributed by atoms with E-state index in [1.165, 1.54) is 6.07 Å². The van der Waals surface area contributed by atoms with Crippen LogP contribution in [-0.2, 0) is 14.8 Å². The van der Waals surface area contributed by atoms with Crippen molar-refractivity contribution in [3.63, 3.8) is 0 Å². The number of carboxylic acids is 1. The molecule has 2 aromatic carbocycles. The number of carbonyl (C=O) groups excluding carboxylic acids is 1. The van der Waals surface area contributed by atoms with Crippen LogP contribution in [0.2, 0.25) is 0 Å². The number of primary amides is 1. The van der Waals surface area contributed by atoms with E-state index in [4.69, 9.17) is 5.73 Å². The van der Waals surface area contributed by atoms with Gasteiger partial charge in [-0.2, -0.15) is 4.72 Å². The van der Waals surface area contributed by atoms with Gasteiger partial charge in [0.25, 0.3) is 0 Å². The Labute approximate surface area is 163 Å². The summed E-state index contributed by atoms with van der Waals surface area (Å²) in [7, 11) is -0.377. The fourth-order valence-electron chi connectivity index (χ4n) is 2.89. The molecule has 0 fully saturated rings. The SMILES string of the molecule is CN(C)c1cccc2c(S(=O)(=O)N[C@H](CCCNC(N)=O)C(=O)O)cccc12. The summed E-state index contributed by atoms with van der Waals surface area (Å²) in [5, 5.41) is 13.0. The summed E-state index contributed by atoms with van der Waals surface area (Å²) in [5.41, 5.74) is 5.80. The summed E-state index contributed by atoms with van der Waals surface area (Å²) in [6, 6.07) is 8.14. The lowest BCUT2D eigenvalue weighted by Crippen LogP contribution is -2.41. The van der Waals surface area contributed by atoms with Crippen molar-refractivity contribution in [2.45, 2.75) is 23.8 Å². The summed E-state index contributed by atoms with van der Waals surface area (Å²) < 4.78 is 28.1. The van der Waals surface area contributed by atoms with E-state index in [9.17, 15) is 23.1 Å². The molecule has 1 atom stereocenters. The first kappa shape index (κ1) is 21.5. The molecule has 10 heteroatoms. The van der Waals surface area contributed by atoms with Crippen molar-refractivity contribution >= 4 is 38.5 Å². The maximum Gasteiger partial charge on any atom is 0.321 e. The fourth-order valence-corrected chi connectivity index (χ4v) is 4.34. The van der Waals surface area contributed by atoms with Crippen LogP contribution in [0.15, 0.2) is 41.3 Å². The molecule has 9 nitrogen and oxygen atoms in total. The molecule has 0 radical (unpaired) electrons. The van der Waals surface area contributed by atoms with Crippen molar-refractivity contribution in [3.8, 4) is 0 Å². The van der Waals surface area contributed by atoms with E-state index in [1.54, 1.807) is 18.2 Å². The van der Waals surface area contributed by atoms with Crippen molar-refractivity contribution in [1.29, 1.82) is 0 Å². The van der Waals surface area contributed by atoms with Crippen LogP contribution in [0.25, 0.3) is 10.8 Å². The van der Waals surface area contributed by atoms with Crippen LogP contribution < -0.4 is 20.7 Å². The Kier molecular flexibility index (Phi) is 6.81. The Balaban J connectivity index is 2.31. The smallest absolute Gasteiger partial charge is 0.321 e. The van der Waals surface area contributed by atoms with Crippen LogP contribution in [0.5, 0.6) is 0 Å². The molecule has 0 aliphatic heterocycles. The number of carboxylic acid groups (broad SMARTS) is 1. The number of carbonyl (C=O) groups is 2. The second-order valence-corrected chi connectivity index (χ2v) is 8.15. The maximum atomic E-state index is 12.9. The number of nitrogens with two attached hydrogens (primary N) is 1. The van der Waals surface area contributed by atoms with E-state index in [2.05, 4.69) is 10.0 Å². The predicted molar refractivity (Wildman–Crippen MR) is 107 cm³/mol. The zero-order valence-corrected chi connectivity index (χ0v) is 16.5. The van der Waals surface area contributed by atoms with Crippen molar-refractivity contribution in [2.24, 2.45) is 5.73 Å². The number of nitrogens with one attached hydrogen (secondary N) is 2. The zero-order valence-electron chi connectivity index (χ0n) is 15.7. The Bertz CT molecular complexity index is 975. The first-order valence-electron chi connectivity index (χ1n) is 8.61. The molecule has 2 aromatic rings. The van der Waals surface area contributed by atoms with Gasteiger partial charge in [-0.25, -0.2) is 13.2 Å². The molecule has 0 saturated heterocycles. The fraction of sp³-hybridized carbons (Fsp3) is 0.333. The lowest BCUT2D eigenvalue weighted by Gasteiger charge is -2.18. The molecule has 0 aliphatic rings. The van der Waals surface area contributed by atoms with Crippen LogP contribution >= 0.6 is 0 Å². The third-order valence-electron chi connectivity index (χ3n) is 4.19. The molecule has 28 heavy (non-hydrogen) atoms. The molecule has 0 spiro atoms. The second kappa shape index (κ2) is 8.89. The van der Waals surface area contributed by atoms with E-state index in [0.29, 0.717) is 5.39 Å². The van der Waals surface area contributed by atoms with Crippen LogP contribution in [-0.4, -0.2) is 52.2 Å². The number of sulfonamides is 1. The molecule has 0 aromatic heterocycles. The molecule has 0 unspecified atom stereocenters. The summed E-state index contributed by atoms with van der Waals surface area (Å²) in [5.74, 6) is -1.29. The van der Waals surface area contributed by atoms with E-state index >= 15 is 0 Å². The molecule has 152 valence electrons. The van der Waals surface area contributed by atoms with Gasteiger partial charge in [0.2, 0.25) is 10.0 Å².